The number of amides is 1. The van der Waals surface area contributed by atoms with Gasteiger partial charge in [0.2, 0.25) is 0 Å². The van der Waals surface area contributed by atoms with Crippen LogP contribution in [0.15, 0.2) is 72.8 Å². The summed E-state index contributed by atoms with van der Waals surface area (Å²) in [7, 11) is 0. The van der Waals surface area contributed by atoms with Crippen molar-refractivity contribution in [3.8, 4) is 5.75 Å². The molecule has 5 heteroatoms. The summed E-state index contributed by atoms with van der Waals surface area (Å²) in [5.74, 6) is 0.208. The molecule has 38 heavy (non-hydrogen) atoms. The largest absolute Gasteiger partial charge is 0.493 e. The minimum absolute atomic E-state index is 0.00185. The van der Waals surface area contributed by atoms with E-state index >= 15 is 0 Å². The van der Waals surface area contributed by atoms with E-state index in [4.69, 9.17) is 4.74 Å². The van der Waals surface area contributed by atoms with Crippen molar-refractivity contribution in [2.24, 2.45) is 5.92 Å². The highest BCUT2D eigenvalue weighted by Gasteiger charge is 2.17. The van der Waals surface area contributed by atoms with Crippen LogP contribution in [0, 0.1) is 5.92 Å². The fourth-order valence-electron chi connectivity index (χ4n) is 4.72. The van der Waals surface area contributed by atoms with Gasteiger partial charge >= 0.3 is 5.97 Å². The maximum absolute atomic E-state index is 13.5. The third-order valence-corrected chi connectivity index (χ3v) is 7.10. The van der Waals surface area contributed by atoms with Gasteiger partial charge in [-0.2, -0.15) is 0 Å². The van der Waals surface area contributed by atoms with Crippen molar-refractivity contribution in [2.45, 2.75) is 58.3 Å². The number of carbonyl (C=O) groups is 2. The Kier molecular flexibility index (Phi) is 8.67. The third-order valence-electron chi connectivity index (χ3n) is 7.10. The fourth-order valence-corrected chi connectivity index (χ4v) is 4.72. The van der Waals surface area contributed by atoms with Gasteiger partial charge in [-0.05, 0) is 83.3 Å². The highest BCUT2D eigenvalue weighted by atomic mass is 16.5. The van der Waals surface area contributed by atoms with Gasteiger partial charge in [0.05, 0.1) is 12.2 Å². The third kappa shape index (κ3) is 7.34. The summed E-state index contributed by atoms with van der Waals surface area (Å²) in [4.78, 5) is 24.7. The van der Waals surface area contributed by atoms with Crippen molar-refractivity contribution in [3.63, 3.8) is 0 Å². The first-order valence-corrected chi connectivity index (χ1v) is 13.4. The molecule has 0 heterocycles. The summed E-state index contributed by atoms with van der Waals surface area (Å²) in [6.07, 6.45) is 8.16. The molecule has 0 spiro atoms. The standard InChI is InChI=1S/C33H37NO4/c1-33(2,3)27-15-13-25(14-16-27)30(21-23-9-11-26(12-10-23)32(36)37)31(35)34-28-17-19-29(20-18-28)38-22-24-7-5-4-6-8-24/h9-21,24H,4-8,22H2,1-3H3,(H,34,35)(H,36,37)/b30-21+. The van der Waals surface area contributed by atoms with Crippen LogP contribution in [0.2, 0.25) is 0 Å². The number of hydrogen-bond donors (Lipinski definition) is 2. The van der Waals surface area contributed by atoms with Gasteiger partial charge in [-0.15, -0.1) is 0 Å². The van der Waals surface area contributed by atoms with Crippen LogP contribution in [-0.2, 0) is 10.2 Å². The number of carboxylic acids is 1. The summed E-state index contributed by atoms with van der Waals surface area (Å²) < 4.78 is 6.00. The Balaban J connectivity index is 1.52. The highest BCUT2D eigenvalue weighted by Crippen LogP contribution is 2.28. The van der Waals surface area contributed by atoms with Crippen LogP contribution in [-0.4, -0.2) is 23.6 Å². The number of ether oxygens (including phenoxy) is 1. The number of benzene rings is 3. The molecule has 0 bridgehead atoms. The van der Waals surface area contributed by atoms with E-state index in [0.29, 0.717) is 17.2 Å². The monoisotopic (exact) mass is 511 g/mol. The molecule has 0 unspecified atom stereocenters. The Labute approximate surface area is 225 Å². The van der Waals surface area contributed by atoms with E-state index in [-0.39, 0.29) is 16.9 Å². The molecule has 3 aromatic carbocycles. The van der Waals surface area contributed by atoms with E-state index in [1.165, 1.54) is 37.7 Å². The number of nitrogens with one attached hydrogen (secondary N) is 1. The number of aromatic carboxylic acids is 1. The van der Waals surface area contributed by atoms with Crippen molar-refractivity contribution in [2.75, 3.05) is 11.9 Å². The normalized spacial score (nSPS) is 14.7. The molecule has 1 amide bonds. The van der Waals surface area contributed by atoms with E-state index in [9.17, 15) is 14.7 Å². The maximum atomic E-state index is 13.5. The predicted molar refractivity (Wildman–Crippen MR) is 154 cm³/mol. The summed E-state index contributed by atoms with van der Waals surface area (Å²) in [6, 6.07) is 22.0. The molecule has 0 radical (unpaired) electrons. The molecule has 1 aliphatic rings. The molecule has 0 aromatic heterocycles. The quantitative estimate of drug-likeness (QED) is 0.239. The molecular formula is C33H37NO4. The fraction of sp³-hybridized carbons (Fsp3) is 0.333. The van der Waals surface area contributed by atoms with Crippen LogP contribution < -0.4 is 10.1 Å². The van der Waals surface area contributed by atoms with Crippen LogP contribution in [0.25, 0.3) is 11.6 Å². The topological polar surface area (TPSA) is 75.6 Å². The van der Waals surface area contributed by atoms with Crippen LogP contribution in [0.4, 0.5) is 5.69 Å². The maximum Gasteiger partial charge on any atom is 0.335 e. The number of anilines is 1. The Morgan fingerprint density at radius 2 is 1.47 bits per heavy atom. The van der Waals surface area contributed by atoms with Gasteiger partial charge in [0.15, 0.2) is 0 Å². The second-order valence-electron chi connectivity index (χ2n) is 11.1. The molecule has 5 nitrogen and oxygen atoms in total. The minimum Gasteiger partial charge on any atom is -0.493 e. The van der Waals surface area contributed by atoms with Crippen molar-refractivity contribution in [1.82, 2.24) is 0 Å². The Bertz CT molecular complexity index is 1260. The van der Waals surface area contributed by atoms with Crippen LogP contribution in [0.1, 0.15) is 79.9 Å². The molecule has 1 aliphatic carbocycles. The predicted octanol–water partition coefficient (Wildman–Crippen LogP) is 7.82. The summed E-state index contributed by atoms with van der Waals surface area (Å²) in [5, 5.41) is 12.2. The van der Waals surface area contributed by atoms with E-state index in [0.717, 1.165) is 23.5 Å². The minimum atomic E-state index is -0.984. The van der Waals surface area contributed by atoms with Gasteiger partial charge in [0.25, 0.3) is 5.91 Å². The summed E-state index contributed by atoms with van der Waals surface area (Å²) in [5.41, 5.74) is 4.07. The van der Waals surface area contributed by atoms with E-state index in [1.54, 1.807) is 30.3 Å². The van der Waals surface area contributed by atoms with E-state index in [2.05, 4.69) is 26.1 Å². The zero-order valence-electron chi connectivity index (χ0n) is 22.5. The molecule has 4 rings (SSSR count). The Morgan fingerprint density at radius 1 is 0.868 bits per heavy atom. The smallest absolute Gasteiger partial charge is 0.335 e. The van der Waals surface area contributed by atoms with E-state index in [1.807, 2.05) is 48.5 Å². The summed E-state index contributed by atoms with van der Waals surface area (Å²) >= 11 is 0. The molecule has 0 saturated heterocycles. The lowest BCUT2D eigenvalue weighted by molar-refractivity contribution is -0.111. The molecule has 0 atom stereocenters. The highest BCUT2D eigenvalue weighted by molar-refractivity contribution is 6.29. The van der Waals surface area contributed by atoms with Gasteiger partial charge in [0, 0.05) is 11.3 Å². The van der Waals surface area contributed by atoms with Crippen molar-refractivity contribution < 1.29 is 19.4 Å². The van der Waals surface area contributed by atoms with Crippen LogP contribution in [0.3, 0.4) is 0 Å². The van der Waals surface area contributed by atoms with Gasteiger partial charge in [-0.25, -0.2) is 4.79 Å². The second-order valence-corrected chi connectivity index (χ2v) is 11.1. The van der Waals surface area contributed by atoms with Crippen LogP contribution in [0.5, 0.6) is 5.75 Å². The summed E-state index contributed by atoms with van der Waals surface area (Å²) in [6.45, 7) is 7.19. The average Bonchev–Trinajstić information content (AvgIpc) is 2.92. The Hall–Kier alpha value is -3.86. The first kappa shape index (κ1) is 27.2. The molecular weight excluding hydrogens is 474 g/mol. The number of rotatable bonds is 8. The van der Waals surface area contributed by atoms with Gasteiger partial charge in [0.1, 0.15) is 5.75 Å². The Morgan fingerprint density at radius 3 is 2.05 bits per heavy atom. The number of carboxylic acid groups (broad SMARTS) is 1. The van der Waals surface area contributed by atoms with Crippen molar-refractivity contribution in [1.29, 1.82) is 0 Å². The first-order valence-electron chi connectivity index (χ1n) is 13.4. The molecule has 3 aromatic rings. The lowest BCUT2D eigenvalue weighted by atomic mass is 9.86. The van der Waals surface area contributed by atoms with Gasteiger partial charge in [-0.1, -0.05) is 76.4 Å². The van der Waals surface area contributed by atoms with Crippen molar-refractivity contribution >= 4 is 29.2 Å². The molecule has 0 aliphatic heterocycles. The lowest BCUT2D eigenvalue weighted by Crippen LogP contribution is -2.15. The van der Waals surface area contributed by atoms with Gasteiger partial charge < -0.3 is 15.2 Å². The SMILES string of the molecule is CC(C)(C)c1ccc(/C(=C\c2ccc(C(=O)O)cc2)C(=O)Nc2ccc(OCC3CCCCC3)cc2)cc1. The molecule has 1 saturated carbocycles. The second kappa shape index (κ2) is 12.1. The lowest BCUT2D eigenvalue weighted by Gasteiger charge is -2.21. The molecule has 1 fully saturated rings. The molecule has 2 N–H and O–H groups in total. The molecule has 198 valence electrons. The zero-order valence-corrected chi connectivity index (χ0v) is 22.5. The van der Waals surface area contributed by atoms with Crippen molar-refractivity contribution in [3.05, 3.63) is 95.1 Å². The number of carbonyl (C=O) groups excluding carboxylic acids is 1. The van der Waals surface area contributed by atoms with E-state index < -0.39 is 5.97 Å². The first-order chi connectivity index (χ1) is 18.2. The average molecular weight is 512 g/mol. The van der Waals surface area contributed by atoms with Crippen LogP contribution >= 0.6 is 0 Å². The number of hydrogen-bond acceptors (Lipinski definition) is 3. The van der Waals surface area contributed by atoms with Gasteiger partial charge in [-0.3, -0.25) is 4.79 Å². The zero-order chi connectivity index (χ0) is 27.1.